The number of nitrogens with one attached hydrogen (secondary N) is 2. The van der Waals surface area contributed by atoms with Crippen molar-refractivity contribution >= 4 is 46.5 Å². The number of benzene rings is 2. The first-order chi connectivity index (χ1) is 15.1. The molecular weight excluding hydrogens is 416 g/mol. The van der Waals surface area contributed by atoms with Gasteiger partial charge in [0.15, 0.2) is 0 Å². The average Bonchev–Trinajstić information content (AvgIpc) is 2.76. The highest BCUT2D eigenvalue weighted by molar-refractivity contribution is 5.98. The summed E-state index contributed by atoms with van der Waals surface area (Å²) in [4.78, 5) is 44.1. The number of methoxy groups -OCH3 is 2. The zero-order valence-electron chi connectivity index (χ0n) is 19.1. The minimum atomic E-state index is -0.528. The summed E-state index contributed by atoms with van der Waals surface area (Å²) in [7, 11) is 2.54. The number of rotatable bonds is 4. The van der Waals surface area contributed by atoms with Crippen LogP contribution in [0.1, 0.15) is 48.4 Å². The first-order valence-electron chi connectivity index (χ1n) is 9.59. The van der Waals surface area contributed by atoms with Crippen LogP contribution in [-0.2, 0) is 19.1 Å². The molecule has 10 heteroatoms. The number of nitrogen functional groups attached to an aromatic ring is 2. The molecule has 0 bridgehead atoms. The van der Waals surface area contributed by atoms with E-state index in [-0.39, 0.29) is 22.9 Å². The molecule has 0 aliphatic carbocycles. The molecule has 2 aromatic rings. The molecule has 6 N–H and O–H groups in total. The van der Waals surface area contributed by atoms with Crippen molar-refractivity contribution in [2.24, 2.45) is 0 Å². The number of anilines is 4. The van der Waals surface area contributed by atoms with E-state index in [0.717, 1.165) is 0 Å². The predicted octanol–water partition coefficient (Wildman–Crippen LogP) is 3.05. The highest BCUT2D eigenvalue weighted by Gasteiger charge is 2.11. The molecule has 174 valence electrons. The van der Waals surface area contributed by atoms with Crippen molar-refractivity contribution in [1.82, 2.24) is 0 Å². The second-order valence-electron chi connectivity index (χ2n) is 5.95. The van der Waals surface area contributed by atoms with E-state index in [2.05, 4.69) is 20.1 Å². The lowest BCUT2D eigenvalue weighted by Crippen LogP contribution is -2.09. The summed E-state index contributed by atoms with van der Waals surface area (Å²) >= 11 is 0. The summed E-state index contributed by atoms with van der Waals surface area (Å²) in [6.45, 7) is 6.77. The Kier molecular flexibility index (Phi) is 12.2. The van der Waals surface area contributed by atoms with Gasteiger partial charge in [-0.2, -0.15) is 0 Å². The van der Waals surface area contributed by atoms with E-state index in [4.69, 9.17) is 11.5 Å². The van der Waals surface area contributed by atoms with Gasteiger partial charge in [-0.15, -0.1) is 0 Å². The highest BCUT2D eigenvalue weighted by atomic mass is 16.5. The molecule has 0 unspecified atom stereocenters. The third-order valence-corrected chi connectivity index (χ3v) is 3.56. The fourth-order valence-corrected chi connectivity index (χ4v) is 2.25. The zero-order valence-corrected chi connectivity index (χ0v) is 19.1. The Bertz CT molecular complexity index is 882. The second-order valence-corrected chi connectivity index (χ2v) is 5.95. The van der Waals surface area contributed by atoms with Crippen molar-refractivity contribution in [2.75, 3.05) is 36.3 Å². The van der Waals surface area contributed by atoms with Gasteiger partial charge in [-0.3, -0.25) is 9.59 Å². The van der Waals surface area contributed by atoms with Crippen LogP contribution < -0.4 is 22.1 Å². The fraction of sp³-hybridized carbons (Fsp3) is 0.273. The van der Waals surface area contributed by atoms with E-state index < -0.39 is 11.9 Å². The molecule has 0 fully saturated rings. The standard InChI is InChI=1S/2C10H12N2O3.C2H6/c2*1-6(13)12-7-3-4-9(11)8(5-7)10(14)15-2;1-2/h2*3-5H,11H2,1-2H3,(H,12,13);1-2H3. The number of hydrogen-bond donors (Lipinski definition) is 4. The molecule has 0 heterocycles. The van der Waals surface area contributed by atoms with Crippen LogP contribution in [0, 0.1) is 0 Å². The largest absolute Gasteiger partial charge is 0.465 e. The molecule has 0 aromatic heterocycles. The van der Waals surface area contributed by atoms with Crippen LogP contribution in [-0.4, -0.2) is 38.0 Å². The smallest absolute Gasteiger partial charge is 0.340 e. The molecule has 0 radical (unpaired) electrons. The van der Waals surface area contributed by atoms with Gasteiger partial charge >= 0.3 is 11.9 Å². The number of esters is 2. The van der Waals surface area contributed by atoms with Crippen LogP contribution in [0.25, 0.3) is 0 Å². The van der Waals surface area contributed by atoms with Gasteiger partial charge in [-0.1, -0.05) is 13.8 Å². The van der Waals surface area contributed by atoms with E-state index in [1.165, 1.54) is 52.3 Å². The van der Waals surface area contributed by atoms with Gasteiger partial charge in [-0.05, 0) is 36.4 Å². The Morgan fingerprint density at radius 3 is 1.25 bits per heavy atom. The second kappa shape index (κ2) is 14.0. The van der Waals surface area contributed by atoms with E-state index in [1.54, 1.807) is 12.1 Å². The number of hydrogen-bond acceptors (Lipinski definition) is 8. The Labute approximate surface area is 187 Å². The molecule has 32 heavy (non-hydrogen) atoms. The van der Waals surface area contributed by atoms with Crippen LogP contribution in [0.2, 0.25) is 0 Å². The minimum Gasteiger partial charge on any atom is -0.465 e. The third-order valence-electron chi connectivity index (χ3n) is 3.56. The van der Waals surface area contributed by atoms with Crippen molar-refractivity contribution in [3.8, 4) is 0 Å². The number of carbonyl (C=O) groups excluding carboxylic acids is 4. The summed E-state index contributed by atoms with van der Waals surface area (Å²) in [5, 5.41) is 5.10. The lowest BCUT2D eigenvalue weighted by atomic mass is 10.1. The number of amides is 2. The molecule has 2 amide bonds. The molecule has 0 saturated carbocycles. The van der Waals surface area contributed by atoms with Crippen LogP contribution in [0.5, 0.6) is 0 Å². The summed E-state index contributed by atoms with van der Waals surface area (Å²) < 4.78 is 9.09. The van der Waals surface area contributed by atoms with Gasteiger partial charge in [-0.25, -0.2) is 9.59 Å². The van der Waals surface area contributed by atoms with Gasteiger partial charge in [0.2, 0.25) is 11.8 Å². The summed E-state index contributed by atoms with van der Waals surface area (Å²) in [6, 6.07) is 9.26. The van der Waals surface area contributed by atoms with E-state index in [1.807, 2.05) is 13.8 Å². The lowest BCUT2D eigenvalue weighted by Gasteiger charge is -2.07. The van der Waals surface area contributed by atoms with E-state index in [0.29, 0.717) is 22.7 Å². The Morgan fingerprint density at radius 1 is 0.688 bits per heavy atom. The number of carbonyl (C=O) groups is 4. The van der Waals surface area contributed by atoms with Crippen LogP contribution in [0.15, 0.2) is 36.4 Å². The third kappa shape index (κ3) is 9.16. The average molecular weight is 447 g/mol. The Hall–Kier alpha value is -4.08. The fourth-order valence-electron chi connectivity index (χ4n) is 2.25. The van der Waals surface area contributed by atoms with Crippen molar-refractivity contribution in [2.45, 2.75) is 27.7 Å². The zero-order chi connectivity index (χ0) is 24.8. The molecule has 0 spiro atoms. The van der Waals surface area contributed by atoms with Crippen molar-refractivity contribution in [3.63, 3.8) is 0 Å². The van der Waals surface area contributed by atoms with E-state index >= 15 is 0 Å². The highest BCUT2D eigenvalue weighted by Crippen LogP contribution is 2.19. The molecule has 10 nitrogen and oxygen atoms in total. The number of nitrogens with two attached hydrogens (primary N) is 2. The maximum atomic E-state index is 11.3. The SMILES string of the molecule is CC.COC(=O)c1cc(NC(C)=O)ccc1N.COC(=O)c1cc(NC(C)=O)ccc1N. The first kappa shape index (κ1) is 27.9. The molecule has 0 aliphatic rings. The Balaban J connectivity index is 0.000000557. The quantitative estimate of drug-likeness (QED) is 0.411. The monoisotopic (exact) mass is 446 g/mol. The van der Waals surface area contributed by atoms with Gasteiger partial charge in [0.25, 0.3) is 0 Å². The number of ether oxygens (including phenoxy) is 2. The molecule has 0 aliphatic heterocycles. The van der Waals surface area contributed by atoms with E-state index in [9.17, 15) is 19.2 Å². The topological polar surface area (TPSA) is 163 Å². The van der Waals surface area contributed by atoms with Crippen LogP contribution >= 0.6 is 0 Å². The van der Waals surface area contributed by atoms with Crippen LogP contribution in [0.3, 0.4) is 0 Å². The van der Waals surface area contributed by atoms with Gasteiger partial charge in [0, 0.05) is 36.6 Å². The van der Waals surface area contributed by atoms with Crippen LogP contribution in [0.4, 0.5) is 22.7 Å². The first-order valence-corrected chi connectivity index (χ1v) is 9.59. The van der Waals surface area contributed by atoms with Crippen molar-refractivity contribution in [1.29, 1.82) is 0 Å². The molecule has 2 rings (SSSR count). The maximum Gasteiger partial charge on any atom is 0.340 e. The molecular formula is C22H30N4O6. The van der Waals surface area contributed by atoms with Gasteiger partial charge < -0.3 is 31.6 Å². The summed E-state index contributed by atoms with van der Waals surface area (Å²) in [5.41, 5.74) is 13.3. The van der Waals surface area contributed by atoms with Crippen molar-refractivity contribution in [3.05, 3.63) is 47.5 Å². The van der Waals surface area contributed by atoms with Gasteiger partial charge in [0.1, 0.15) is 0 Å². The predicted molar refractivity (Wildman–Crippen MR) is 124 cm³/mol. The molecule has 0 atom stereocenters. The molecule has 0 saturated heterocycles. The van der Waals surface area contributed by atoms with Crippen molar-refractivity contribution < 1.29 is 28.7 Å². The Morgan fingerprint density at radius 2 is 1.00 bits per heavy atom. The minimum absolute atomic E-state index is 0.212. The summed E-state index contributed by atoms with van der Waals surface area (Å²) in [5.74, 6) is -1.48. The maximum absolute atomic E-state index is 11.3. The summed E-state index contributed by atoms with van der Waals surface area (Å²) in [6.07, 6.45) is 0. The van der Waals surface area contributed by atoms with Gasteiger partial charge in [0.05, 0.1) is 25.3 Å². The lowest BCUT2D eigenvalue weighted by molar-refractivity contribution is -0.115. The normalized spacial score (nSPS) is 9.06. The molecule has 2 aromatic carbocycles.